The van der Waals surface area contributed by atoms with Crippen LogP contribution in [-0.4, -0.2) is 18.0 Å². The summed E-state index contributed by atoms with van der Waals surface area (Å²) in [5.74, 6) is 0.869. The Kier molecular flexibility index (Phi) is 6.41. The first-order chi connectivity index (χ1) is 13.2. The molecule has 0 radical (unpaired) electrons. The van der Waals surface area contributed by atoms with Crippen molar-refractivity contribution in [1.29, 1.82) is 0 Å². The quantitative estimate of drug-likeness (QED) is 0.644. The first-order valence-electron chi connectivity index (χ1n) is 8.85. The topological polar surface area (TPSA) is 63.2 Å². The van der Waals surface area contributed by atoms with Crippen LogP contribution in [0, 0.1) is 0 Å². The van der Waals surface area contributed by atoms with Gasteiger partial charge in [-0.25, -0.2) is 0 Å². The summed E-state index contributed by atoms with van der Waals surface area (Å²) in [6, 6.07) is 19.6. The molecule has 0 atom stereocenters. The molecule has 5 nitrogen and oxygen atoms in total. The molecule has 0 spiro atoms. The number of pyridine rings is 1. The highest BCUT2D eigenvalue weighted by Gasteiger charge is 2.05. The Morgan fingerprint density at radius 1 is 0.926 bits per heavy atom. The van der Waals surface area contributed by atoms with Crippen molar-refractivity contribution in [1.82, 2.24) is 10.3 Å². The Labute approximate surface area is 159 Å². The molecule has 0 aliphatic heterocycles. The van der Waals surface area contributed by atoms with Gasteiger partial charge in [0.15, 0.2) is 0 Å². The van der Waals surface area contributed by atoms with E-state index in [2.05, 4.69) is 15.6 Å². The smallest absolute Gasteiger partial charge is 0.224 e. The maximum absolute atomic E-state index is 12.1. The van der Waals surface area contributed by atoms with E-state index in [0.29, 0.717) is 19.5 Å². The predicted octanol–water partition coefficient (Wildman–Crippen LogP) is 3.56. The third-order valence-electron chi connectivity index (χ3n) is 4.23. The molecule has 5 heteroatoms. The maximum atomic E-state index is 12.1. The van der Waals surface area contributed by atoms with E-state index in [9.17, 15) is 4.79 Å². The summed E-state index contributed by atoms with van der Waals surface area (Å²) in [5, 5.41) is 6.30. The number of aromatic nitrogens is 1. The van der Waals surface area contributed by atoms with E-state index in [1.165, 1.54) is 0 Å². The number of nitrogens with zero attached hydrogens (tertiary/aromatic N) is 1. The van der Waals surface area contributed by atoms with E-state index < -0.39 is 0 Å². The van der Waals surface area contributed by atoms with Crippen molar-refractivity contribution in [3.05, 3.63) is 89.7 Å². The molecule has 0 unspecified atom stereocenters. The number of carbonyl (C=O) groups excluding carboxylic acids is 1. The van der Waals surface area contributed by atoms with Gasteiger partial charge < -0.3 is 15.4 Å². The fourth-order valence-corrected chi connectivity index (χ4v) is 2.74. The van der Waals surface area contributed by atoms with Crippen LogP contribution in [0.2, 0.25) is 0 Å². The Morgan fingerprint density at radius 2 is 1.67 bits per heavy atom. The number of anilines is 1. The van der Waals surface area contributed by atoms with Gasteiger partial charge in [0.05, 0.1) is 13.5 Å². The molecule has 2 aromatic carbocycles. The molecule has 0 aliphatic rings. The third-order valence-corrected chi connectivity index (χ3v) is 4.23. The second-order valence-corrected chi connectivity index (χ2v) is 6.17. The second kappa shape index (κ2) is 9.38. The SMILES string of the molecule is COc1ccccc1CNc1ccc(CC(=O)NCc2ccncc2)cc1. The lowest BCUT2D eigenvalue weighted by atomic mass is 10.1. The summed E-state index contributed by atoms with van der Waals surface area (Å²) in [5.41, 5.74) is 4.11. The molecule has 1 amide bonds. The summed E-state index contributed by atoms with van der Waals surface area (Å²) in [6.07, 6.45) is 3.80. The first kappa shape index (κ1) is 18.5. The average Bonchev–Trinajstić information content (AvgIpc) is 2.73. The second-order valence-electron chi connectivity index (χ2n) is 6.17. The first-order valence-corrected chi connectivity index (χ1v) is 8.85. The molecule has 0 bridgehead atoms. The highest BCUT2D eigenvalue weighted by molar-refractivity contribution is 5.78. The van der Waals surface area contributed by atoms with Crippen LogP contribution >= 0.6 is 0 Å². The molecule has 3 aromatic rings. The van der Waals surface area contributed by atoms with Crippen LogP contribution in [0.4, 0.5) is 5.69 Å². The van der Waals surface area contributed by atoms with E-state index in [1.807, 2.05) is 60.7 Å². The van der Waals surface area contributed by atoms with E-state index in [0.717, 1.165) is 28.1 Å². The number of amides is 1. The summed E-state index contributed by atoms with van der Waals surface area (Å²) in [4.78, 5) is 16.1. The normalized spacial score (nSPS) is 10.3. The predicted molar refractivity (Wildman–Crippen MR) is 107 cm³/mol. The Balaban J connectivity index is 1.49. The molecule has 1 heterocycles. The van der Waals surface area contributed by atoms with Crippen LogP contribution in [0.3, 0.4) is 0 Å². The van der Waals surface area contributed by atoms with Crippen LogP contribution in [0.25, 0.3) is 0 Å². The van der Waals surface area contributed by atoms with Crippen LogP contribution in [-0.2, 0) is 24.3 Å². The zero-order valence-corrected chi connectivity index (χ0v) is 15.3. The molecular weight excluding hydrogens is 338 g/mol. The summed E-state index contributed by atoms with van der Waals surface area (Å²) in [7, 11) is 1.67. The molecule has 0 saturated heterocycles. The van der Waals surface area contributed by atoms with Crippen molar-refractivity contribution in [2.24, 2.45) is 0 Å². The van der Waals surface area contributed by atoms with Gasteiger partial charge in [-0.05, 0) is 41.5 Å². The van der Waals surface area contributed by atoms with E-state index in [-0.39, 0.29) is 5.91 Å². The molecule has 3 rings (SSSR count). The minimum absolute atomic E-state index is 0.00143. The lowest BCUT2D eigenvalue weighted by Gasteiger charge is -2.11. The number of carbonyl (C=O) groups is 1. The summed E-state index contributed by atoms with van der Waals surface area (Å²) >= 11 is 0. The zero-order chi connectivity index (χ0) is 18.9. The number of benzene rings is 2. The number of para-hydroxylation sites is 1. The van der Waals surface area contributed by atoms with Crippen molar-refractivity contribution in [2.45, 2.75) is 19.5 Å². The molecule has 1 aromatic heterocycles. The lowest BCUT2D eigenvalue weighted by Crippen LogP contribution is -2.24. The maximum Gasteiger partial charge on any atom is 0.224 e. The highest BCUT2D eigenvalue weighted by Crippen LogP contribution is 2.19. The van der Waals surface area contributed by atoms with Gasteiger partial charge in [0.2, 0.25) is 5.91 Å². The number of ether oxygens (including phenoxy) is 1. The summed E-state index contributed by atoms with van der Waals surface area (Å²) in [6.45, 7) is 1.19. The van der Waals surface area contributed by atoms with Crippen LogP contribution in [0.1, 0.15) is 16.7 Å². The van der Waals surface area contributed by atoms with Gasteiger partial charge >= 0.3 is 0 Å². The number of methoxy groups -OCH3 is 1. The molecule has 0 saturated carbocycles. The van der Waals surface area contributed by atoms with Gasteiger partial charge in [0.25, 0.3) is 0 Å². The molecule has 27 heavy (non-hydrogen) atoms. The summed E-state index contributed by atoms with van der Waals surface area (Å²) < 4.78 is 5.36. The van der Waals surface area contributed by atoms with Gasteiger partial charge in [-0.1, -0.05) is 30.3 Å². The molecular formula is C22H23N3O2. The average molecular weight is 361 g/mol. The standard InChI is InChI=1S/C22H23N3O2/c1-27-21-5-3-2-4-19(21)16-24-20-8-6-17(7-9-20)14-22(26)25-15-18-10-12-23-13-11-18/h2-13,24H,14-16H2,1H3,(H,25,26). The number of hydrogen-bond donors (Lipinski definition) is 2. The molecule has 0 aliphatic carbocycles. The van der Waals surface area contributed by atoms with Crippen molar-refractivity contribution < 1.29 is 9.53 Å². The van der Waals surface area contributed by atoms with Gasteiger partial charge in [-0.3, -0.25) is 9.78 Å². The van der Waals surface area contributed by atoms with Crippen molar-refractivity contribution in [3.63, 3.8) is 0 Å². The fourth-order valence-electron chi connectivity index (χ4n) is 2.74. The minimum atomic E-state index is 0.00143. The van der Waals surface area contributed by atoms with E-state index >= 15 is 0 Å². The lowest BCUT2D eigenvalue weighted by molar-refractivity contribution is -0.120. The Morgan fingerprint density at radius 3 is 2.41 bits per heavy atom. The fraction of sp³-hybridized carbons (Fsp3) is 0.182. The van der Waals surface area contributed by atoms with Gasteiger partial charge in [0, 0.05) is 36.7 Å². The monoisotopic (exact) mass is 361 g/mol. The van der Waals surface area contributed by atoms with E-state index in [4.69, 9.17) is 4.74 Å². The van der Waals surface area contributed by atoms with Crippen LogP contribution in [0.15, 0.2) is 73.1 Å². The van der Waals surface area contributed by atoms with Crippen molar-refractivity contribution in [3.8, 4) is 5.75 Å². The van der Waals surface area contributed by atoms with Crippen LogP contribution < -0.4 is 15.4 Å². The zero-order valence-electron chi connectivity index (χ0n) is 15.3. The van der Waals surface area contributed by atoms with Crippen molar-refractivity contribution >= 4 is 11.6 Å². The van der Waals surface area contributed by atoms with Crippen LogP contribution in [0.5, 0.6) is 5.75 Å². The highest BCUT2D eigenvalue weighted by atomic mass is 16.5. The Bertz CT molecular complexity index is 864. The van der Waals surface area contributed by atoms with Gasteiger partial charge in [-0.15, -0.1) is 0 Å². The number of nitrogens with one attached hydrogen (secondary N) is 2. The largest absolute Gasteiger partial charge is 0.496 e. The molecule has 0 fully saturated rings. The molecule has 2 N–H and O–H groups in total. The third kappa shape index (κ3) is 5.57. The van der Waals surface area contributed by atoms with E-state index in [1.54, 1.807) is 19.5 Å². The molecule has 138 valence electrons. The van der Waals surface area contributed by atoms with Gasteiger partial charge in [-0.2, -0.15) is 0 Å². The van der Waals surface area contributed by atoms with Gasteiger partial charge in [0.1, 0.15) is 5.75 Å². The van der Waals surface area contributed by atoms with Crippen molar-refractivity contribution in [2.75, 3.05) is 12.4 Å². The number of rotatable bonds is 8. The number of hydrogen-bond acceptors (Lipinski definition) is 4. The Hall–Kier alpha value is -3.34. The minimum Gasteiger partial charge on any atom is -0.496 e.